The zero-order chi connectivity index (χ0) is 20.8. The number of carbonyl (C=O) groups excluding carboxylic acids is 2. The van der Waals surface area contributed by atoms with E-state index in [1.165, 1.54) is 24.3 Å². The van der Waals surface area contributed by atoms with Crippen LogP contribution in [0.25, 0.3) is 0 Å². The summed E-state index contributed by atoms with van der Waals surface area (Å²) in [6.45, 7) is 0.345. The van der Waals surface area contributed by atoms with E-state index in [9.17, 15) is 18.8 Å². The molecular formula is C22H23FN2O4. The molecule has 0 saturated heterocycles. The van der Waals surface area contributed by atoms with Crippen molar-refractivity contribution in [3.8, 4) is 0 Å². The average Bonchev–Trinajstić information content (AvgIpc) is 2.74. The van der Waals surface area contributed by atoms with Crippen LogP contribution in [0.1, 0.15) is 41.6 Å². The van der Waals surface area contributed by atoms with Crippen LogP contribution in [0.3, 0.4) is 0 Å². The highest BCUT2D eigenvalue weighted by Gasteiger charge is 2.29. The van der Waals surface area contributed by atoms with Crippen molar-refractivity contribution in [1.29, 1.82) is 0 Å². The Morgan fingerprint density at radius 3 is 2.07 bits per heavy atom. The van der Waals surface area contributed by atoms with E-state index in [1.807, 2.05) is 0 Å². The van der Waals surface area contributed by atoms with E-state index in [-0.39, 0.29) is 29.5 Å². The monoisotopic (exact) mass is 398 g/mol. The molecule has 7 heteroatoms. The Morgan fingerprint density at radius 2 is 1.48 bits per heavy atom. The standard InChI is InChI=1S/C22H23FN2O4/c23-18-9-11-19(12-10-18)25-21(27)16-3-1-14(2-4-16)13-24-20(26)15-5-7-17(8-6-15)22(28)29/h1-4,9-12,15,17H,5-8,13H2,(H,24,26)(H,25,27)(H,28,29). The van der Waals surface area contributed by atoms with E-state index in [0.29, 0.717) is 43.5 Å². The Bertz CT molecular complexity index is 873. The number of carbonyl (C=O) groups is 3. The Kier molecular flexibility index (Phi) is 6.59. The molecule has 1 aliphatic rings. The normalized spacial score (nSPS) is 18.7. The third-order valence-electron chi connectivity index (χ3n) is 5.23. The molecule has 29 heavy (non-hydrogen) atoms. The van der Waals surface area contributed by atoms with Crippen molar-refractivity contribution in [1.82, 2.24) is 5.32 Å². The molecule has 0 aliphatic heterocycles. The minimum Gasteiger partial charge on any atom is -0.481 e. The highest BCUT2D eigenvalue weighted by Crippen LogP contribution is 2.29. The van der Waals surface area contributed by atoms with Crippen LogP contribution in [-0.2, 0) is 16.1 Å². The minimum atomic E-state index is -0.785. The second-order valence-corrected chi connectivity index (χ2v) is 7.26. The Morgan fingerprint density at radius 1 is 0.897 bits per heavy atom. The van der Waals surface area contributed by atoms with Gasteiger partial charge in [-0.3, -0.25) is 14.4 Å². The highest BCUT2D eigenvalue weighted by molar-refractivity contribution is 6.04. The lowest BCUT2D eigenvalue weighted by Crippen LogP contribution is -2.34. The number of carboxylic acid groups (broad SMARTS) is 1. The van der Waals surface area contributed by atoms with Gasteiger partial charge < -0.3 is 15.7 Å². The molecule has 1 fully saturated rings. The number of halogens is 1. The van der Waals surface area contributed by atoms with E-state index >= 15 is 0 Å². The number of benzene rings is 2. The predicted octanol–water partition coefficient (Wildman–Crippen LogP) is 3.59. The second kappa shape index (κ2) is 9.32. The maximum absolute atomic E-state index is 12.9. The molecule has 0 radical (unpaired) electrons. The van der Waals surface area contributed by atoms with Crippen molar-refractivity contribution in [2.24, 2.45) is 11.8 Å². The van der Waals surface area contributed by atoms with Crippen LogP contribution >= 0.6 is 0 Å². The Balaban J connectivity index is 1.47. The molecule has 2 amide bonds. The molecule has 2 aromatic carbocycles. The number of hydrogen-bond donors (Lipinski definition) is 3. The molecule has 3 N–H and O–H groups in total. The molecule has 3 rings (SSSR count). The van der Waals surface area contributed by atoms with Gasteiger partial charge in [0.15, 0.2) is 0 Å². The van der Waals surface area contributed by atoms with Crippen LogP contribution in [-0.4, -0.2) is 22.9 Å². The van der Waals surface area contributed by atoms with E-state index in [2.05, 4.69) is 10.6 Å². The van der Waals surface area contributed by atoms with Crippen molar-refractivity contribution in [3.63, 3.8) is 0 Å². The maximum atomic E-state index is 12.9. The Hall–Kier alpha value is -3.22. The van der Waals surface area contributed by atoms with Crippen LogP contribution in [0.4, 0.5) is 10.1 Å². The predicted molar refractivity (Wildman–Crippen MR) is 106 cm³/mol. The number of nitrogens with one attached hydrogen (secondary N) is 2. The number of carboxylic acids is 1. The number of anilines is 1. The van der Waals surface area contributed by atoms with Gasteiger partial charge >= 0.3 is 5.97 Å². The SMILES string of the molecule is O=C(Nc1ccc(F)cc1)c1ccc(CNC(=O)C2CCC(C(=O)O)CC2)cc1. The van der Waals surface area contributed by atoms with E-state index in [1.54, 1.807) is 24.3 Å². The van der Waals surface area contributed by atoms with Gasteiger partial charge in [-0.15, -0.1) is 0 Å². The average molecular weight is 398 g/mol. The van der Waals surface area contributed by atoms with E-state index in [0.717, 1.165) is 5.56 Å². The van der Waals surface area contributed by atoms with Gasteiger partial charge in [0.05, 0.1) is 5.92 Å². The lowest BCUT2D eigenvalue weighted by atomic mass is 9.81. The van der Waals surface area contributed by atoms with Crippen LogP contribution in [0.5, 0.6) is 0 Å². The van der Waals surface area contributed by atoms with Crippen LogP contribution in [0.15, 0.2) is 48.5 Å². The van der Waals surface area contributed by atoms with Gasteiger partial charge in [-0.1, -0.05) is 12.1 Å². The van der Waals surface area contributed by atoms with Gasteiger partial charge in [-0.25, -0.2) is 4.39 Å². The molecule has 6 nitrogen and oxygen atoms in total. The summed E-state index contributed by atoms with van der Waals surface area (Å²) in [7, 11) is 0. The lowest BCUT2D eigenvalue weighted by molar-refractivity contribution is -0.144. The summed E-state index contributed by atoms with van der Waals surface area (Å²) < 4.78 is 12.9. The van der Waals surface area contributed by atoms with Gasteiger partial charge in [0.1, 0.15) is 5.82 Å². The number of rotatable bonds is 6. The van der Waals surface area contributed by atoms with E-state index in [4.69, 9.17) is 5.11 Å². The topological polar surface area (TPSA) is 95.5 Å². The molecule has 0 unspecified atom stereocenters. The fourth-order valence-corrected chi connectivity index (χ4v) is 3.45. The van der Waals surface area contributed by atoms with Gasteiger partial charge in [0, 0.05) is 23.7 Å². The van der Waals surface area contributed by atoms with Gasteiger partial charge in [0.25, 0.3) is 5.91 Å². The first-order valence-corrected chi connectivity index (χ1v) is 9.59. The third-order valence-corrected chi connectivity index (χ3v) is 5.23. The van der Waals surface area contributed by atoms with Gasteiger partial charge in [-0.2, -0.15) is 0 Å². The number of hydrogen-bond acceptors (Lipinski definition) is 3. The summed E-state index contributed by atoms with van der Waals surface area (Å²) in [4.78, 5) is 35.5. The van der Waals surface area contributed by atoms with Crippen LogP contribution in [0.2, 0.25) is 0 Å². The molecule has 0 bridgehead atoms. The first kappa shape index (κ1) is 20.5. The fraction of sp³-hybridized carbons (Fsp3) is 0.318. The molecule has 1 saturated carbocycles. The zero-order valence-corrected chi connectivity index (χ0v) is 15.9. The first-order valence-electron chi connectivity index (χ1n) is 9.59. The molecule has 2 aromatic rings. The number of amides is 2. The van der Waals surface area contributed by atoms with Gasteiger partial charge in [-0.05, 0) is 67.6 Å². The summed E-state index contributed by atoms with van der Waals surface area (Å²) >= 11 is 0. The Labute approximate surface area is 168 Å². The van der Waals surface area contributed by atoms with Crippen molar-refractivity contribution in [2.45, 2.75) is 32.2 Å². The van der Waals surface area contributed by atoms with Gasteiger partial charge in [0.2, 0.25) is 5.91 Å². The third kappa shape index (κ3) is 5.63. The molecule has 1 aliphatic carbocycles. The summed E-state index contributed by atoms with van der Waals surface area (Å²) in [6, 6.07) is 12.4. The van der Waals surface area contributed by atoms with Crippen molar-refractivity contribution in [2.75, 3.05) is 5.32 Å². The summed E-state index contributed by atoms with van der Waals surface area (Å²) in [6.07, 6.45) is 2.24. The molecule has 0 atom stereocenters. The quantitative estimate of drug-likeness (QED) is 0.693. The summed E-state index contributed by atoms with van der Waals surface area (Å²) in [5.41, 5.74) is 1.82. The molecule has 0 aromatic heterocycles. The smallest absolute Gasteiger partial charge is 0.306 e. The largest absolute Gasteiger partial charge is 0.481 e. The van der Waals surface area contributed by atoms with Crippen molar-refractivity contribution in [3.05, 3.63) is 65.5 Å². The lowest BCUT2D eigenvalue weighted by Gasteiger charge is -2.25. The summed E-state index contributed by atoms with van der Waals surface area (Å²) in [5, 5.41) is 14.6. The fourth-order valence-electron chi connectivity index (χ4n) is 3.45. The van der Waals surface area contributed by atoms with Crippen LogP contribution in [0, 0.1) is 17.7 Å². The van der Waals surface area contributed by atoms with E-state index < -0.39 is 5.97 Å². The zero-order valence-electron chi connectivity index (χ0n) is 15.9. The molecule has 152 valence electrons. The molecular weight excluding hydrogens is 375 g/mol. The molecule has 0 spiro atoms. The first-order chi connectivity index (χ1) is 13.9. The number of aliphatic carboxylic acids is 1. The van der Waals surface area contributed by atoms with Crippen molar-refractivity contribution < 1.29 is 23.9 Å². The summed E-state index contributed by atoms with van der Waals surface area (Å²) in [5.74, 6) is -2.01. The highest BCUT2D eigenvalue weighted by atomic mass is 19.1. The van der Waals surface area contributed by atoms with Crippen molar-refractivity contribution >= 4 is 23.5 Å². The van der Waals surface area contributed by atoms with Crippen LogP contribution < -0.4 is 10.6 Å². The second-order valence-electron chi connectivity index (χ2n) is 7.26. The molecule has 0 heterocycles. The maximum Gasteiger partial charge on any atom is 0.306 e. The minimum absolute atomic E-state index is 0.0630.